The lowest BCUT2D eigenvalue weighted by Crippen LogP contribution is -2.41. The van der Waals surface area contributed by atoms with Gasteiger partial charge in [-0.25, -0.2) is 8.42 Å². The molecule has 0 fully saturated rings. The van der Waals surface area contributed by atoms with Gasteiger partial charge in [-0.3, -0.25) is 15.0 Å². The first-order valence-electron chi connectivity index (χ1n) is 9.23. The van der Waals surface area contributed by atoms with E-state index in [1.54, 1.807) is 31.2 Å². The van der Waals surface area contributed by atoms with Crippen LogP contribution in [-0.4, -0.2) is 33.3 Å². The normalized spacial score (nSPS) is 11.0. The summed E-state index contributed by atoms with van der Waals surface area (Å²) in [6, 6.07) is 11.4. The maximum atomic E-state index is 12.6. The van der Waals surface area contributed by atoms with E-state index in [-0.39, 0.29) is 10.8 Å². The van der Waals surface area contributed by atoms with Gasteiger partial charge in [0.05, 0.1) is 4.90 Å². The fraction of sp³-hybridized carbons (Fsp3) is 0.300. The van der Waals surface area contributed by atoms with Crippen LogP contribution in [0.3, 0.4) is 0 Å². The van der Waals surface area contributed by atoms with Gasteiger partial charge >= 0.3 is 0 Å². The summed E-state index contributed by atoms with van der Waals surface area (Å²) in [4.78, 5) is 27.7. The molecule has 0 aromatic heterocycles. The van der Waals surface area contributed by atoms with Gasteiger partial charge in [0.1, 0.15) is 0 Å². The van der Waals surface area contributed by atoms with Crippen molar-refractivity contribution in [2.75, 3.05) is 23.3 Å². The Bertz CT molecular complexity index is 984. The summed E-state index contributed by atoms with van der Waals surface area (Å²) in [6.45, 7) is 8.74. The number of anilines is 2. The highest BCUT2D eigenvalue weighted by Crippen LogP contribution is 2.20. The molecule has 29 heavy (non-hydrogen) atoms. The van der Waals surface area contributed by atoms with Crippen molar-refractivity contribution in [1.29, 1.82) is 0 Å². The third-order valence-electron chi connectivity index (χ3n) is 4.36. The highest BCUT2D eigenvalue weighted by molar-refractivity contribution is 7.89. The molecule has 0 radical (unpaired) electrons. The molecule has 9 heteroatoms. The summed E-state index contributed by atoms with van der Waals surface area (Å²) >= 11 is 0. The van der Waals surface area contributed by atoms with Crippen LogP contribution in [0.2, 0.25) is 0 Å². The minimum atomic E-state index is -4.02. The van der Waals surface area contributed by atoms with Crippen LogP contribution < -0.4 is 20.5 Å². The maximum absolute atomic E-state index is 12.6. The van der Waals surface area contributed by atoms with Gasteiger partial charge in [0.25, 0.3) is 15.9 Å². The molecule has 2 amide bonds. The van der Waals surface area contributed by atoms with Crippen LogP contribution in [0.15, 0.2) is 47.4 Å². The number of nitrogens with zero attached hydrogens (tertiary/aromatic N) is 1. The topological polar surface area (TPSA) is 108 Å². The molecule has 0 spiro atoms. The Morgan fingerprint density at radius 1 is 1.00 bits per heavy atom. The Hall–Kier alpha value is -2.91. The van der Waals surface area contributed by atoms with Crippen molar-refractivity contribution in [3.05, 3.63) is 53.6 Å². The molecule has 156 valence electrons. The van der Waals surface area contributed by atoms with Crippen molar-refractivity contribution in [2.24, 2.45) is 0 Å². The third-order valence-corrected chi connectivity index (χ3v) is 5.74. The van der Waals surface area contributed by atoms with Gasteiger partial charge in [0.15, 0.2) is 0 Å². The number of nitrogens with one attached hydrogen (secondary N) is 3. The fourth-order valence-corrected chi connectivity index (χ4v) is 3.93. The molecule has 0 unspecified atom stereocenters. The maximum Gasteiger partial charge on any atom is 0.266 e. The van der Waals surface area contributed by atoms with Crippen LogP contribution in [0.1, 0.15) is 36.7 Å². The summed E-state index contributed by atoms with van der Waals surface area (Å²) in [6.07, 6.45) is 0. The number of amides is 2. The van der Waals surface area contributed by atoms with Gasteiger partial charge < -0.3 is 10.2 Å². The lowest BCUT2D eigenvalue weighted by atomic mass is 10.2. The Morgan fingerprint density at radius 3 is 2.17 bits per heavy atom. The zero-order valence-electron chi connectivity index (χ0n) is 16.9. The smallest absolute Gasteiger partial charge is 0.266 e. The lowest BCUT2D eigenvalue weighted by molar-refractivity contribution is -0.114. The van der Waals surface area contributed by atoms with Gasteiger partial charge in [0, 0.05) is 37.0 Å². The number of hydrogen-bond acceptors (Lipinski definition) is 5. The van der Waals surface area contributed by atoms with Gasteiger partial charge in [-0.15, -0.1) is 4.83 Å². The predicted octanol–water partition coefficient (Wildman–Crippen LogP) is 2.42. The minimum Gasteiger partial charge on any atom is -0.372 e. The van der Waals surface area contributed by atoms with Crippen LogP contribution in [0.25, 0.3) is 0 Å². The molecule has 2 aromatic rings. The summed E-state index contributed by atoms with van der Waals surface area (Å²) in [5.74, 6) is -0.887. The molecule has 0 bridgehead atoms. The lowest BCUT2D eigenvalue weighted by Gasteiger charge is -2.21. The molecular weight excluding hydrogens is 392 g/mol. The van der Waals surface area contributed by atoms with Crippen LogP contribution in [-0.2, 0) is 14.8 Å². The van der Waals surface area contributed by atoms with Gasteiger partial charge in [-0.1, -0.05) is 6.07 Å². The highest BCUT2D eigenvalue weighted by atomic mass is 32.2. The molecule has 0 aliphatic carbocycles. The minimum absolute atomic E-state index is 0.0408. The largest absolute Gasteiger partial charge is 0.372 e. The summed E-state index contributed by atoms with van der Waals surface area (Å²) in [5, 5.41) is 2.54. The molecule has 0 heterocycles. The van der Waals surface area contributed by atoms with E-state index < -0.39 is 15.9 Å². The first-order chi connectivity index (χ1) is 13.7. The van der Waals surface area contributed by atoms with Crippen LogP contribution in [0.5, 0.6) is 0 Å². The van der Waals surface area contributed by atoms with E-state index in [0.29, 0.717) is 16.8 Å². The Morgan fingerprint density at radius 2 is 1.62 bits per heavy atom. The molecule has 0 saturated heterocycles. The van der Waals surface area contributed by atoms with Crippen LogP contribution in [0, 0.1) is 6.92 Å². The number of carbonyl (C=O) groups is 2. The second kappa shape index (κ2) is 9.53. The van der Waals surface area contributed by atoms with Crippen LogP contribution >= 0.6 is 0 Å². The number of hydrazine groups is 1. The second-order valence-electron chi connectivity index (χ2n) is 6.44. The molecule has 2 rings (SSSR count). The standard InChI is InChI=1S/C20H26N4O4S/c1-5-24(6-2)18-11-8-16(9-12-18)20(26)22-23-29(27,28)19-13-17(21-15(4)25)10-7-14(19)3/h7-13,23H,5-6H2,1-4H3,(H,21,25)(H,22,26). The van der Waals surface area contributed by atoms with E-state index in [9.17, 15) is 18.0 Å². The van der Waals surface area contributed by atoms with Crippen molar-refractivity contribution in [2.45, 2.75) is 32.6 Å². The first kappa shape index (κ1) is 22.4. The van der Waals surface area contributed by atoms with Gasteiger partial charge in [0.2, 0.25) is 5.91 Å². The molecule has 0 saturated carbocycles. The summed E-state index contributed by atoms with van der Waals surface area (Å²) in [7, 11) is -4.02. The second-order valence-corrected chi connectivity index (χ2v) is 8.09. The number of sulfonamides is 1. The van der Waals surface area contributed by atoms with E-state index in [2.05, 4.69) is 20.5 Å². The zero-order chi connectivity index (χ0) is 21.6. The summed E-state index contributed by atoms with van der Waals surface area (Å²) in [5.41, 5.74) is 4.36. The Labute approximate surface area is 171 Å². The monoisotopic (exact) mass is 418 g/mol. The van der Waals surface area contributed by atoms with Gasteiger partial charge in [-0.2, -0.15) is 0 Å². The number of benzene rings is 2. The summed E-state index contributed by atoms with van der Waals surface area (Å²) < 4.78 is 25.2. The average molecular weight is 419 g/mol. The van der Waals surface area contributed by atoms with E-state index >= 15 is 0 Å². The SMILES string of the molecule is CCN(CC)c1ccc(C(=O)NNS(=O)(=O)c2cc(NC(C)=O)ccc2C)cc1. The molecule has 2 aromatic carbocycles. The van der Waals surface area contributed by atoms with E-state index in [4.69, 9.17) is 0 Å². The average Bonchev–Trinajstić information content (AvgIpc) is 2.68. The first-order valence-corrected chi connectivity index (χ1v) is 10.7. The number of rotatable bonds is 8. The molecule has 0 atom stereocenters. The molecule has 8 nitrogen and oxygen atoms in total. The Kier molecular flexibility index (Phi) is 7.35. The molecule has 3 N–H and O–H groups in total. The number of aryl methyl sites for hydroxylation is 1. The zero-order valence-corrected chi connectivity index (χ0v) is 17.8. The molecule has 0 aliphatic heterocycles. The van der Waals surface area contributed by atoms with Gasteiger partial charge in [-0.05, 0) is 62.7 Å². The van der Waals surface area contributed by atoms with Crippen molar-refractivity contribution in [3.63, 3.8) is 0 Å². The van der Waals surface area contributed by atoms with E-state index in [0.717, 1.165) is 18.8 Å². The molecular formula is C20H26N4O4S. The predicted molar refractivity (Wildman–Crippen MR) is 113 cm³/mol. The van der Waals surface area contributed by atoms with Crippen molar-refractivity contribution < 1.29 is 18.0 Å². The quantitative estimate of drug-likeness (QED) is 0.571. The molecule has 0 aliphatic rings. The van der Waals surface area contributed by atoms with Crippen molar-refractivity contribution in [3.8, 4) is 0 Å². The highest BCUT2D eigenvalue weighted by Gasteiger charge is 2.19. The third kappa shape index (κ3) is 5.78. The van der Waals surface area contributed by atoms with E-state index in [1.165, 1.54) is 13.0 Å². The van der Waals surface area contributed by atoms with Crippen molar-refractivity contribution in [1.82, 2.24) is 10.3 Å². The Balaban J connectivity index is 2.12. The number of carbonyl (C=O) groups excluding carboxylic acids is 2. The fourth-order valence-electron chi connectivity index (χ4n) is 2.82. The number of hydrogen-bond donors (Lipinski definition) is 3. The van der Waals surface area contributed by atoms with Crippen molar-refractivity contribution >= 4 is 33.2 Å². The van der Waals surface area contributed by atoms with E-state index in [1.807, 2.05) is 26.0 Å². The van der Waals surface area contributed by atoms with Crippen LogP contribution in [0.4, 0.5) is 11.4 Å².